The van der Waals surface area contributed by atoms with Crippen molar-refractivity contribution in [3.05, 3.63) is 40.4 Å². The lowest BCUT2D eigenvalue weighted by Gasteiger charge is -2.37. The largest absolute Gasteiger partial charge is 0.481 e. The highest BCUT2D eigenvalue weighted by Crippen LogP contribution is 2.35. The summed E-state index contributed by atoms with van der Waals surface area (Å²) in [5.74, 6) is -2.80. The zero-order chi connectivity index (χ0) is 36.5. The molecule has 1 aliphatic heterocycles. The SMILES string of the molecule is CC(=O)O[C@H](C[C@H](C(C)C)N(C)C(=O)[C@@H](NC(=O)[C@H]1COCCN1C)C1CC1)c1nc(C(=O)N[C@@H](Cc2ncccn2)C[C@H](C)C(=O)O)cs1. The molecule has 2 aromatic rings. The summed E-state index contributed by atoms with van der Waals surface area (Å²) in [7, 11) is 3.56. The van der Waals surface area contributed by atoms with Gasteiger partial charge in [0, 0.05) is 63.2 Å². The minimum absolute atomic E-state index is 0.0385. The Labute approximate surface area is 296 Å². The van der Waals surface area contributed by atoms with Crippen LogP contribution in [0.3, 0.4) is 0 Å². The van der Waals surface area contributed by atoms with Crippen LogP contribution < -0.4 is 10.6 Å². The number of thiazole rings is 1. The second kappa shape index (κ2) is 17.8. The number of esters is 1. The average molecular weight is 716 g/mol. The van der Waals surface area contributed by atoms with E-state index in [9.17, 15) is 29.1 Å². The Hall–Kier alpha value is -4.02. The molecular weight excluding hydrogens is 666 g/mol. The number of hydrogen-bond donors (Lipinski definition) is 3. The number of hydrogen-bond acceptors (Lipinski definition) is 12. The molecule has 3 amide bonds. The number of morpholine rings is 1. The zero-order valence-electron chi connectivity index (χ0n) is 29.5. The van der Waals surface area contributed by atoms with Crippen LogP contribution >= 0.6 is 11.3 Å². The van der Waals surface area contributed by atoms with Crippen LogP contribution in [0.2, 0.25) is 0 Å². The number of carbonyl (C=O) groups excluding carboxylic acids is 4. The van der Waals surface area contributed by atoms with Crippen LogP contribution in [0, 0.1) is 17.8 Å². The molecule has 0 aromatic carbocycles. The van der Waals surface area contributed by atoms with Crippen LogP contribution in [0.25, 0.3) is 0 Å². The smallest absolute Gasteiger partial charge is 0.306 e. The van der Waals surface area contributed by atoms with Gasteiger partial charge in [-0.05, 0) is 44.2 Å². The highest BCUT2D eigenvalue weighted by Gasteiger charge is 2.42. The molecule has 16 heteroatoms. The van der Waals surface area contributed by atoms with Crippen molar-refractivity contribution in [1.82, 2.24) is 35.4 Å². The van der Waals surface area contributed by atoms with Crippen molar-refractivity contribution in [2.24, 2.45) is 17.8 Å². The van der Waals surface area contributed by atoms with Crippen LogP contribution in [-0.2, 0) is 35.1 Å². The lowest BCUT2D eigenvalue weighted by atomic mass is 9.95. The van der Waals surface area contributed by atoms with E-state index in [4.69, 9.17) is 9.47 Å². The fourth-order valence-electron chi connectivity index (χ4n) is 6.08. The maximum absolute atomic E-state index is 14.0. The molecule has 1 saturated heterocycles. The van der Waals surface area contributed by atoms with E-state index in [0.29, 0.717) is 24.0 Å². The molecule has 0 radical (unpaired) electrons. The molecule has 0 bridgehead atoms. The number of carboxylic acids is 1. The van der Waals surface area contributed by atoms with Gasteiger partial charge in [0.05, 0.1) is 19.1 Å². The van der Waals surface area contributed by atoms with E-state index in [-0.39, 0.29) is 55.2 Å². The Balaban J connectivity index is 1.48. The van der Waals surface area contributed by atoms with Crippen molar-refractivity contribution >= 4 is 41.0 Å². The van der Waals surface area contributed by atoms with Gasteiger partial charge in [-0.15, -0.1) is 11.3 Å². The van der Waals surface area contributed by atoms with E-state index in [1.165, 1.54) is 6.92 Å². The van der Waals surface area contributed by atoms with E-state index in [0.717, 1.165) is 24.2 Å². The first-order valence-corrected chi connectivity index (χ1v) is 17.9. The van der Waals surface area contributed by atoms with Crippen molar-refractivity contribution in [2.45, 2.75) is 90.1 Å². The van der Waals surface area contributed by atoms with E-state index in [1.54, 1.807) is 42.7 Å². The summed E-state index contributed by atoms with van der Waals surface area (Å²) in [6.45, 7) is 8.23. The van der Waals surface area contributed by atoms with E-state index in [1.807, 2.05) is 25.8 Å². The van der Waals surface area contributed by atoms with Gasteiger partial charge in [-0.1, -0.05) is 20.8 Å². The van der Waals surface area contributed by atoms with Crippen molar-refractivity contribution in [3.63, 3.8) is 0 Å². The highest BCUT2D eigenvalue weighted by molar-refractivity contribution is 7.09. The number of carbonyl (C=O) groups is 5. The minimum Gasteiger partial charge on any atom is -0.481 e. The van der Waals surface area contributed by atoms with E-state index < -0.39 is 54.0 Å². The number of aliphatic carboxylic acids is 1. The van der Waals surface area contributed by atoms with Crippen molar-refractivity contribution in [3.8, 4) is 0 Å². The number of carboxylic acid groups (broad SMARTS) is 1. The van der Waals surface area contributed by atoms with Gasteiger partial charge in [0.15, 0.2) is 6.10 Å². The molecule has 2 fully saturated rings. The van der Waals surface area contributed by atoms with Gasteiger partial charge in [-0.25, -0.2) is 15.0 Å². The number of aromatic nitrogens is 3. The number of amides is 3. The second-order valence-electron chi connectivity index (χ2n) is 13.6. The monoisotopic (exact) mass is 715 g/mol. The predicted molar refractivity (Wildman–Crippen MR) is 183 cm³/mol. The standard InChI is InChI=1S/C34H49N7O8S/c1-19(2)25(41(6)33(45)29(22-8-9-22)39-31(44)26-17-48-13-12-40(26)5)16-27(49-21(4)42)32-38-24(18-50-32)30(43)37-23(14-20(3)34(46)47)15-28-35-10-7-11-36-28/h7,10-11,18-20,22-23,25-27,29H,8-9,12-17H2,1-6H3,(H,37,43)(H,39,44)(H,46,47)/t20-,23+,25+,26+,27+,29-/m0/s1. The first-order chi connectivity index (χ1) is 23.7. The summed E-state index contributed by atoms with van der Waals surface area (Å²) in [6.07, 6.45) is 4.55. The van der Waals surface area contributed by atoms with Crippen molar-refractivity contribution in [2.75, 3.05) is 33.9 Å². The third-order valence-electron chi connectivity index (χ3n) is 9.21. The number of nitrogens with one attached hydrogen (secondary N) is 2. The summed E-state index contributed by atoms with van der Waals surface area (Å²) < 4.78 is 11.2. The molecule has 15 nitrogen and oxygen atoms in total. The summed E-state index contributed by atoms with van der Waals surface area (Å²) >= 11 is 1.15. The Kier molecular flexibility index (Phi) is 13.8. The molecule has 1 saturated carbocycles. The molecule has 50 heavy (non-hydrogen) atoms. The van der Waals surface area contributed by atoms with Crippen LogP contribution in [0.15, 0.2) is 23.8 Å². The summed E-state index contributed by atoms with van der Waals surface area (Å²) in [4.78, 5) is 81.0. The second-order valence-corrected chi connectivity index (χ2v) is 14.5. The third-order valence-corrected chi connectivity index (χ3v) is 10.1. The molecule has 2 aliphatic rings. The molecule has 2 aromatic heterocycles. The number of ether oxygens (including phenoxy) is 2. The third kappa shape index (κ3) is 10.7. The van der Waals surface area contributed by atoms with Gasteiger partial charge in [-0.2, -0.15) is 0 Å². The molecule has 6 atom stereocenters. The molecule has 3 N–H and O–H groups in total. The van der Waals surface area contributed by atoms with Gasteiger partial charge in [-0.3, -0.25) is 28.9 Å². The van der Waals surface area contributed by atoms with Crippen LogP contribution in [-0.4, -0.2) is 118 Å². The van der Waals surface area contributed by atoms with Crippen LogP contribution in [0.1, 0.15) is 80.8 Å². The Morgan fingerprint density at radius 2 is 1.82 bits per heavy atom. The Morgan fingerprint density at radius 3 is 2.42 bits per heavy atom. The maximum Gasteiger partial charge on any atom is 0.306 e. The lowest BCUT2D eigenvalue weighted by molar-refractivity contribution is -0.149. The molecule has 0 unspecified atom stereocenters. The first kappa shape index (κ1) is 38.8. The van der Waals surface area contributed by atoms with E-state index >= 15 is 0 Å². The molecule has 3 heterocycles. The zero-order valence-corrected chi connectivity index (χ0v) is 30.4. The van der Waals surface area contributed by atoms with Crippen LogP contribution in [0.5, 0.6) is 0 Å². The molecular formula is C34H49N7O8S. The van der Waals surface area contributed by atoms with E-state index in [2.05, 4.69) is 25.6 Å². The quantitative estimate of drug-likeness (QED) is 0.202. The van der Waals surface area contributed by atoms with Gasteiger partial charge in [0.25, 0.3) is 5.91 Å². The van der Waals surface area contributed by atoms with Gasteiger partial charge >= 0.3 is 11.9 Å². The molecule has 0 spiro atoms. The normalized spacial score (nSPS) is 19.5. The molecule has 1 aliphatic carbocycles. The Bertz CT molecular complexity index is 1490. The van der Waals surface area contributed by atoms with Crippen LogP contribution in [0.4, 0.5) is 0 Å². The fraction of sp³-hybridized carbons (Fsp3) is 0.647. The number of nitrogens with zero attached hydrogens (tertiary/aromatic N) is 5. The van der Waals surface area contributed by atoms with Gasteiger partial charge < -0.3 is 30.1 Å². The molecule has 4 rings (SSSR count). The summed E-state index contributed by atoms with van der Waals surface area (Å²) in [5, 5.41) is 17.3. The number of likely N-dealkylation sites (N-methyl/N-ethyl adjacent to an activating group) is 2. The highest BCUT2D eigenvalue weighted by atomic mass is 32.1. The topological polar surface area (TPSA) is 193 Å². The van der Waals surface area contributed by atoms with Gasteiger partial charge in [0.2, 0.25) is 11.8 Å². The minimum atomic E-state index is -0.987. The first-order valence-electron chi connectivity index (χ1n) is 17.0. The Morgan fingerprint density at radius 1 is 1.12 bits per heavy atom. The molecule has 274 valence electrons. The maximum atomic E-state index is 14.0. The van der Waals surface area contributed by atoms with Crippen molar-refractivity contribution in [1.29, 1.82) is 0 Å². The van der Waals surface area contributed by atoms with Gasteiger partial charge in [0.1, 0.15) is 28.6 Å². The number of rotatable bonds is 17. The fourth-order valence-corrected chi connectivity index (χ4v) is 6.92. The average Bonchev–Trinajstić information content (AvgIpc) is 3.79. The summed E-state index contributed by atoms with van der Waals surface area (Å²) in [6, 6.07) is -0.484. The predicted octanol–water partition coefficient (Wildman–Crippen LogP) is 2.09. The summed E-state index contributed by atoms with van der Waals surface area (Å²) in [5.41, 5.74) is 0.0859. The van der Waals surface area contributed by atoms with Crippen molar-refractivity contribution < 1.29 is 38.6 Å². The lowest BCUT2D eigenvalue weighted by Crippen LogP contribution is -2.58.